The first-order valence-electron chi connectivity index (χ1n) is 12.3. The Hall–Kier alpha value is -4.45. The fourth-order valence-electron chi connectivity index (χ4n) is 4.35. The molecule has 5 rings (SSSR count). The fraction of sp³-hybridized carbons (Fsp3) is 0.259. The lowest BCUT2D eigenvalue weighted by atomic mass is 10.1. The van der Waals surface area contributed by atoms with Crippen LogP contribution in [0.5, 0.6) is 0 Å². The van der Waals surface area contributed by atoms with Gasteiger partial charge in [0.05, 0.1) is 17.4 Å². The van der Waals surface area contributed by atoms with Crippen molar-refractivity contribution in [2.75, 3.05) is 28.6 Å². The smallest absolute Gasteiger partial charge is 0.391 e. The minimum absolute atomic E-state index is 0.0984. The van der Waals surface area contributed by atoms with Crippen molar-refractivity contribution in [3.63, 3.8) is 0 Å². The maximum absolute atomic E-state index is 13.1. The second-order valence-electron chi connectivity index (χ2n) is 9.39. The molecule has 2 aromatic carbocycles. The van der Waals surface area contributed by atoms with Crippen LogP contribution in [0.25, 0.3) is 5.82 Å². The van der Waals surface area contributed by atoms with Crippen LogP contribution < -0.4 is 15.5 Å². The Kier molecular flexibility index (Phi) is 6.96. The summed E-state index contributed by atoms with van der Waals surface area (Å²) in [5.41, 5.74) is 1.69. The van der Waals surface area contributed by atoms with Crippen LogP contribution in [0.3, 0.4) is 0 Å². The number of aliphatic hydroxyl groups excluding tert-OH is 1. The molecular formula is C27H26F3N7O2. The van der Waals surface area contributed by atoms with E-state index in [0.29, 0.717) is 48.3 Å². The lowest BCUT2D eigenvalue weighted by molar-refractivity contribution is -0.137. The van der Waals surface area contributed by atoms with E-state index < -0.39 is 23.8 Å². The monoisotopic (exact) mass is 537 g/mol. The minimum atomic E-state index is -4.54. The number of alkyl halides is 3. The number of aliphatic hydroxyl groups is 1. The lowest BCUT2D eigenvalue weighted by Gasteiger charge is -2.17. The molecule has 39 heavy (non-hydrogen) atoms. The molecule has 12 heteroatoms. The Bertz CT molecular complexity index is 1520. The van der Waals surface area contributed by atoms with E-state index in [1.165, 1.54) is 18.5 Å². The minimum Gasteiger partial charge on any atom is -0.391 e. The van der Waals surface area contributed by atoms with E-state index in [-0.39, 0.29) is 5.56 Å². The number of β-amino-alcohol motifs (C(OH)–C–C–N with tert-alkyl or cyclic N) is 1. The van der Waals surface area contributed by atoms with Crippen LogP contribution >= 0.6 is 0 Å². The number of hydrogen-bond donors (Lipinski definition) is 3. The van der Waals surface area contributed by atoms with E-state index in [4.69, 9.17) is 0 Å². The topological polar surface area (TPSA) is 108 Å². The molecule has 1 unspecified atom stereocenters. The van der Waals surface area contributed by atoms with Crippen molar-refractivity contribution in [3.05, 3.63) is 83.3 Å². The first-order valence-corrected chi connectivity index (χ1v) is 12.3. The average Bonchev–Trinajstić information content (AvgIpc) is 3.50. The number of hydrogen-bond acceptors (Lipinski definition) is 7. The van der Waals surface area contributed by atoms with Gasteiger partial charge in [0.25, 0.3) is 5.91 Å². The molecular weight excluding hydrogens is 511 g/mol. The first kappa shape index (κ1) is 26.2. The number of anilines is 4. The summed E-state index contributed by atoms with van der Waals surface area (Å²) in [6, 6.07) is 13.1. The zero-order valence-corrected chi connectivity index (χ0v) is 21.2. The fourth-order valence-corrected chi connectivity index (χ4v) is 4.35. The molecule has 0 bridgehead atoms. The van der Waals surface area contributed by atoms with E-state index in [0.717, 1.165) is 23.4 Å². The highest BCUT2D eigenvalue weighted by Crippen LogP contribution is 2.30. The van der Waals surface area contributed by atoms with Crippen LogP contribution in [-0.4, -0.2) is 50.0 Å². The summed E-state index contributed by atoms with van der Waals surface area (Å²) in [4.78, 5) is 23.4. The Morgan fingerprint density at radius 3 is 2.59 bits per heavy atom. The number of nitrogens with zero attached hydrogens (tertiary/aromatic N) is 5. The summed E-state index contributed by atoms with van der Waals surface area (Å²) in [5.74, 6) is 1.18. The predicted octanol–water partition coefficient (Wildman–Crippen LogP) is 4.86. The molecule has 0 saturated carbocycles. The second-order valence-corrected chi connectivity index (χ2v) is 9.39. The molecule has 1 fully saturated rings. The van der Waals surface area contributed by atoms with Crippen LogP contribution in [0.15, 0.2) is 60.9 Å². The van der Waals surface area contributed by atoms with Crippen molar-refractivity contribution < 1.29 is 23.1 Å². The Balaban J connectivity index is 1.38. The molecule has 0 spiro atoms. The van der Waals surface area contributed by atoms with Crippen molar-refractivity contribution in [3.8, 4) is 5.82 Å². The Morgan fingerprint density at radius 2 is 1.85 bits per heavy atom. The number of amides is 1. The van der Waals surface area contributed by atoms with Crippen molar-refractivity contribution in [1.29, 1.82) is 0 Å². The number of rotatable bonds is 6. The number of nitrogens with one attached hydrogen (secondary N) is 2. The van der Waals surface area contributed by atoms with Gasteiger partial charge in [0.15, 0.2) is 5.82 Å². The van der Waals surface area contributed by atoms with Crippen molar-refractivity contribution >= 4 is 28.9 Å². The second kappa shape index (κ2) is 10.4. The standard InChI is InChI=1S/C27H26F3N7O2/c1-16-6-7-20(33-26(39)18-4-3-5-19(11-18)27(28,29)30)12-22(16)34-25-10-17(2)35-37(25)24-13-23(31-15-32-24)36-9-8-21(38)14-36/h3-7,10-13,15,21,34,38H,8-9,14H2,1-2H3,(H,33,39). The van der Waals surface area contributed by atoms with Crippen LogP contribution in [0.1, 0.15) is 33.6 Å². The third kappa shape index (κ3) is 5.85. The molecule has 1 atom stereocenters. The van der Waals surface area contributed by atoms with Gasteiger partial charge in [0.1, 0.15) is 18.0 Å². The zero-order valence-electron chi connectivity index (χ0n) is 21.2. The molecule has 0 aliphatic carbocycles. The third-order valence-electron chi connectivity index (χ3n) is 6.38. The van der Waals surface area contributed by atoms with Gasteiger partial charge < -0.3 is 20.6 Å². The molecule has 4 aromatic rings. The quantitative estimate of drug-likeness (QED) is 0.322. The summed E-state index contributed by atoms with van der Waals surface area (Å²) in [6.07, 6.45) is -2.81. The van der Waals surface area contributed by atoms with Gasteiger partial charge in [-0.15, -0.1) is 0 Å². The van der Waals surface area contributed by atoms with E-state index in [9.17, 15) is 23.1 Å². The number of aromatic nitrogens is 4. The van der Waals surface area contributed by atoms with E-state index in [1.54, 1.807) is 28.9 Å². The summed E-state index contributed by atoms with van der Waals surface area (Å²) >= 11 is 0. The van der Waals surface area contributed by atoms with Gasteiger partial charge in [-0.1, -0.05) is 12.1 Å². The highest BCUT2D eigenvalue weighted by molar-refractivity contribution is 6.04. The largest absolute Gasteiger partial charge is 0.416 e. The highest BCUT2D eigenvalue weighted by atomic mass is 19.4. The highest BCUT2D eigenvalue weighted by Gasteiger charge is 2.31. The van der Waals surface area contributed by atoms with Gasteiger partial charge in [0, 0.05) is 42.2 Å². The molecule has 0 radical (unpaired) electrons. The van der Waals surface area contributed by atoms with Gasteiger partial charge in [-0.2, -0.15) is 23.0 Å². The van der Waals surface area contributed by atoms with E-state index >= 15 is 0 Å². The van der Waals surface area contributed by atoms with Crippen LogP contribution in [-0.2, 0) is 6.18 Å². The first-order chi connectivity index (χ1) is 18.6. The number of aryl methyl sites for hydroxylation is 2. The Labute approximate surface area is 222 Å². The normalized spacial score (nSPS) is 15.4. The molecule has 1 aliphatic heterocycles. The summed E-state index contributed by atoms with van der Waals surface area (Å²) in [6.45, 7) is 4.92. The van der Waals surface area contributed by atoms with Crippen molar-refractivity contribution in [2.24, 2.45) is 0 Å². The summed E-state index contributed by atoms with van der Waals surface area (Å²) in [7, 11) is 0. The molecule has 3 N–H and O–H groups in total. The molecule has 3 heterocycles. The number of carbonyl (C=O) groups excluding carboxylic acids is 1. The van der Waals surface area contributed by atoms with E-state index in [1.807, 2.05) is 24.8 Å². The number of benzene rings is 2. The van der Waals surface area contributed by atoms with Gasteiger partial charge in [-0.25, -0.2) is 9.97 Å². The van der Waals surface area contributed by atoms with Gasteiger partial charge >= 0.3 is 6.18 Å². The van der Waals surface area contributed by atoms with Crippen LogP contribution in [0.4, 0.5) is 36.2 Å². The average molecular weight is 538 g/mol. The maximum Gasteiger partial charge on any atom is 0.416 e. The van der Waals surface area contributed by atoms with Crippen LogP contribution in [0.2, 0.25) is 0 Å². The van der Waals surface area contributed by atoms with Crippen molar-refractivity contribution in [2.45, 2.75) is 32.5 Å². The van der Waals surface area contributed by atoms with Gasteiger partial charge in [-0.3, -0.25) is 4.79 Å². The van der Waals surface area contributed by atoms with Crippen LogP contribution in [0, 0.1) is 13.8 Å². The van der Waals surface area contributed by atoms with E-state index in [2.05, 4.69) is 25.7 Å². The number of carbonyl (C=O) groups is 1. The predicted molar refractivity (Wildman–Crippen MR) is 141 cm³/mol. The lowest BCUT2D eigenvalue weighted by Crippen LogP contribution is -2.22. The van der Waals surface area contributed by atoms with Gasteiger partial charge in [-0.05, 0) is 56.2 Å². The number of halogens is 3. The maximum atomic E-state index is 13.1. The van der Waals surface area contributed by atoms with Crippen molar-refractivity contribution in [1.82, 2.24) is 19.7 Å². The molecule has 1 amide bonds. The molecule has 2 aromatic heterocycles. The molecule has 1 saturated heterocycles. The summed E-state index contributed by atoms with van der Waals surface area (Å²) in [5, 5.41) is 20.4. The molecule has 202 valence electrons. The SMILES string of the molecule is Cc1cc(Nc2cc(NC(=O)c3cccc(C(F)(F)F)c3)ccc2C)n(-c2cc(N3CCC(O)C3)ncn2)n1. The third-order valence-corrected chi connectivity index (χ3v) is 6.38. The molecule has 9 nitrogen and oxygen atoms in total. The van der Waals surface area contributed by atoms with Gasteiger partial charge in [0.2, 0.25) is 0 Å². The zero-order chi connectivity index (χ0) is 27.7. The Morgan fingerprint density at radius 1 is 1.05 bits per heavy atom. The molecule has 1 aliphatic rings. The summed E-state index contributed by atoms with van der Waals surface area (Å²) < 4.78 is 40.8.